The van der Waals surface area contributed by atoms with Crippen molar-refractivity contribution in [3.63, 3.8) is 0 Å². The van der Waals surface area contributed by atoms with Crippen LogP contribution in [0.25, 0.3) is 0 Å². The van der Waals surface area contributed by atoms with Crippen LogP contribution in [0.1, 0.15) is 0 Å². The number of halogens is 1. The number of carbonyl (C=O) groups is 1. The highest BCUT2D eigenvalue weighted by molar-refractivity contribution is 9.10. The lowest BCUT2D eigenvalue weighted by molar-refractivity contribution is 0.0248. The number of benzene rings is 1. The third-order valence-electron chi connectivity index (χ3n) is 2.25. The van der Waals surface area contributed by atoms with Crippen molar-refractivity contribution in [3.8, 4) is 5.75 Å². The average molecular weight is 272 g/mol. The van der Waals surface area contributed by atoms with Crippen LogP contribution in [0.5, 0.6) is 5.75 Å². The van der Waals surface area contributed by atoms with Gasteiger partial charge in [0.15, 0.2) is 0 Å². The van der Waals surface area contributed by atoms with E-state index in [4.69, 9.17) is 9.84 Å². The smallest absolute Gasteiger partial charge is 0.407 e. The molecular formula is C10H10BrNO3. The molecule has 0 aliphatic carbocycles. The number of hydrogen-bond donors (Lipinski definition) is 1. The van der Waals surface area contributed by atoms with E-state index in [9.17, 15) is 4.79 Å². The first-order chi connectivity index (χ1) is 7.16. The maximum atomic E-state index is 10.5. The van der Waals surface area contributed by atoms with Gasteiger partial charge >= 0.3 is 6.09 Å². The SMILES string of the molecule is O=C(O)N1CC(Oc2ccccc2Br)C1. The normalized spacial score (nSPS) is 15.9. The van der Waals surface area contributed by atoms with Crippen LogP contribution in [0.3, 0.4) is 0 Å². The van der Waals surface area contributed by atoms with Crippen LogP contribution in [0.15, 0.2) is 28.7 Å². The third-order valence-corrected chi connectivity index (χ3v) is 2.90. The van der Waals surface area contributed by atoms with Gasteiger partial charge in [0.2, 0.25) is 0 Å². The Morgan fingerprint density at radius 2 is 2.13 bits per heavy atom. The van der Waals surface area contributed by atoms with Gasteiger partial charge in [0.1, 0.15) is 11.9 Å². The second-order valence-electron chi connectivity index (χ2n) is 3.36. The highest BCUT2D eigenvalue weighted by Gasteiger charge is 2.32. The molecule has 0 unspecified atom stereocenters. The van der Waals surface area contributed by atoms with E-state index in [2.05, 4.69) is 15.9 Å². The molecule has 1 heterocycles. The number of para-hydroxylation sites is 1. The molecule has 1 N–H and O–H groups in total. The number of hydrogen-bond acceptors (Lipinski definition) is 2. The predicted octanol–water partition coefficient (Wildman–Crippen LogP) is 2.19. The summed E-state index contributed by atoms with van der Waals surface area (Å²) < 4.78 is 6.50. The molecular weight excluding hydrogens is 262 g/mol. The van der Waals surface area contributed by atoms with Gasteiger partial charge in [0.25, 0.3) is 0 Å². The van der Waals surface area contributed by atoms with Crippen LogP contribution in [0.2, 0.25) is 0 Å². The zero-order valence-corrected chi connectivity index (χ0v) is 9.48. The lowest BCUT2D eigenvalue weighted by Gasteiger charge is -2.36. The highest BCUT2D eigenvalue weighted by Crippen LogP contribution is 2.26. The molecule has 1 saturated heterocycles. The molecule has 0 aromatic heterocycles. The van der Waals surface area contributed by atoms with Gasteiger partial charge in [-0.1, -0.05) is 12.1 Å². The highest BCUT2D eigenvalue weighted by atomic mass is 79.9. The van der Waals surface area contributed by atoms with Crippen LogP contribution in [-0.4, -0.2) is 35.3 Å². The van der Waals surface area contributed by atoms with Crippen molar-refractivity contribution in [2.75, 3.05) is 13.1 Å². The molecule has 1 fully saturated rings. The summed E-state index contributed by atoms with van der Waals surface area (Å²) >= 11 is 3.37. The van der Waals surface area contributed by atoms with Crippen LogP contribution < -0.4 is 4.74 Å². The third kappa shape index (κ3) is 2.23. The zero-order valence-electron chi connectivity index (χ0n) is 7.89. The fraction of sp³-hybridized carbons (Fsp3) is 0.300. The maximum absolute atomic E-state index is 10.5. The molecule has 0 atom stereocenters. The van der Waals surface area contributed by atoms with E-state index in [1.54, 1.807) is 0 Å². The van der Waals surface area contributed by atoms with Crippen molar-refractivity contribution in [2.24, 2.45) is 0 Å². The number of ether oxygens (including phenoxy) is 1. The standard InChI is InChI=1S/C10H10BrNO3/c11-8-3-1-2-4-9(8)15-7-5-12(6-7)10(13)14/h1-4,7H,5-6H2,(H,13,14). The fourth-order valence-corrected chi connectivity index (χ4v) is 1.77. The Kier molecular flexibility index (Phi) is 2.81. The van der Waals surface area contributed by atoms with Gasteiger partial charge in [-0.2, -0.15) is 0 Å². The Balaban J connectivity index is 1.90. The average Bonchev–Trinajstić information content (AvgIpc) is 2.12. The Hall–Kier alpha value is -1.23. The van der Waals surface area contributed by atoms with Gasteiger partial charge in [0.05, 0.1) is 17.6 Å². The van der Waals surface area contributed by atoms with Crippen LogP contribution >= 0.6 is 15.9 Å². The van der Waals surface area contributed by atoms with E-state index in [0.717, 1.165) is 10.2 Å². The molecule has 2 rings (SSSR count). The Labute approximate surface area is 95.6 Å². The summed E-state index contributed by atoms with van der Waals surface area (Å²) in [6.07, 6.45) is -0.915. The zero-order chi connectivity index (χ0) is 10.8. The van der Waals surface area contributed by atoms with E-state index >= 15 is 0 Å². The summed E-state index contributed by atoms with van der Waals surface area (Å²) in [7, 11) is 0. The summed E-state index contributed by atoms with van der Waals surface area (Å²) in [5.41, 5.74) is 0. The molecule has 1 aliphatic heterocycles. The first-order valence-corrected chi connectivity index (χ1v) is 5.35. The largest absolute Gasteiger partial charge is 0.486 e. The second-order valence-corrected chi connectivity index (χ2v) is 4.21. The van der Waals surface area contributed by atoms with E-state index < -0.39 is 6.09 Å². The lowest BCUT2D eigenvalue weighted by Crippen LogP contribution is -2.55. The number of carboxylic acid groups (broad SMARTS) is 1. The monoisotopic (exact) mass is 271 g/mol. The van der Waals surface area contributed by atoms with Crippen molar-refractivity contribution in [3.05, 3.63) is 28.7 Å². The van der Waals surface area contributed by atoms with Crippen molar-refractivity contribution in [1.82, 2.24) is 4.90 Å². The minimum absolute atomic E-state index is 0.0280. The van der Waals surface area contributed by atoms with Crippen LogP contribution in [0, 0.1) is 0 Å². The van der Waals surface area contributed by atoms with Crippen molar-refractivity contribution < 1.29 is 14.6 Å². The molecule has 0 radical (unpaired) electrons. The summed E-state index contributed by atoms with van der Waals surface area (Å²) in [5.74, 6) is 0.757. The van der Waals surface area contributed by atoms with Gasteiger partial charge in [-0.25, -0.2) is 4.79 Å². The van der Waals surface area contributed by atoms with Gasteiger partial charge in [-0.05, 0) is 28.1 Å². The van der Waals surface area contributed by atoms with E-state index in [-0.39, 0.29) is 6.10 Å². The van der Waals surface area contributed by atoms with Crippen molar-refractivity contribution in [2.45, 2.75) is 6.10 Å². The molecule has 1 aromatic rings. The molecule has 1 aromatic carbocycles. The molecule has 0 spiro atoms. The van der Waals surface area contributed by atoms with E-state index in [1.165, 1.54) is 4.90 Å². The Morgan fingerprint density at radius 1 is 1.47 bits per heavy atom. The number of nitrogens with zero attached hydrogens (tertiary/aromatic N) is 1. The maximum Gasteiger partial charge on any atom is 0.407 e. The van der Waals surface area contributed by atoms with Crippen LogP contribution in [-0.2, 0) is 0 Å². The number of rotatable bonds is 2. The molecule has 80 valence electrons. The van der Waals surface area contributed by atoms with Crippen LogP contribution in [0.4, 0.5) is 4.79 Å². The molecule has 1 aliphatic rings. The van der Waals surface area contributed by atoms with Crippen molar-refractivity contribution in [1.29, 1.82) is 0 Å². The van der Waals surface area contributed by atoms with E-state index in [1.807, 2.05) is 24.3 Å². The summed E-state index contributed by atoms with van der Waals surface area (Å²) in [4.78, 5) is 11.8. The second kappa shape index (κ2) is 4.10. The summed E-state index contributed by atoms with van der Waals surface area (Å²) in [6.45, 7) is 0.882. The fourth-order valence-electron chi connectivity index (χ4n) is 1.39. The first kappa shape index (κ1) is 10.3. The van der Waals surface area contributed by atoms with Crippen molar-refractivity contribution >= 4 is 22.0 Å². The van der Waals surface area contributed by atoms with Gasteiger partial charge in [-0.3, -0.25) is 0 Å². The number of amides is 1. The molecule has 0 bridgehead atoms. The molecule has 5 heteroatoms. The first-order valence-electron chi connectivity index (χ1n) is 4.56. The van der Waals surface area contributed by atoms with E-state index in [0.29, 0.717) is 13.1 Å². The Bertz CT molecular complexity index is 377. The van der Waals surface area contributed by atoms with Gasteiger partial charge in [0, 0.05) is 0 Å². The quantitative estimate of drug-likeness (QED) is 0.897. The topological polar surface area (TPSA) is 49.8 Å². The molecule has 1 amide bonds. The minimum atomic E-state index is -0.887. The molecule has 15 heavy (non-hydrogen) atoms. The summed E-state index contributed by atoms with van der Waals surface area (Å²) in [6, 6.07) is 7.53. The number of likely N-dealkylation sites (tertiary alicyclic amines) is 1. The molecule has 0 saturated carbocycles. The minimum Gasteiger partial charge on any atom is -0.486 e. The Morgan fingerprint density at radius 3 is 2.73 bits per heavy atom. The molecule has 4 nitrogen and oxygen atoms in total. The van der Waals surface area contributed by atoms with Gasteiger partial charge in [-0.15, -0.1) is 0 Å². The lowest BCUT2D eigenvalue weighted by atomic mass is 10.2. The van der Waals surface area contributed by atoms with Gasteiger partial charge < -0.3 is 14.7 Å². The predicted molar refractivity (Wildman–Crippen MR) is 58.2 cm³/mol. The summed E-state index contributed by atoms with van der Waals surface area (Å²) in [5, 5.41) is 8.63.